The van der Waals surface area contributed by atoms with Crippen LogP contribution in [0.1, 0.15) is 17.7 Å². The number of hydrogen-bond acceptors (Lipinski definition) is 4. The average Bonchev–Trinajstić information content (AvgIpc) is 2.50. The van der Waals surface area contributed by atoms with Gasteiger partial charge in [0.2, 0.25) is 0 Å². The Morgan fingerprint density at radius 2 is 2.36 bits per heavy atom. The summed E-state index contributed by atoms with van der Waals surface area (Å²) in [6, 6.07) is 3.71. The van der Waals surface area contributed by atoms with Crippen molar-refractivity contribution in [2.24, 2.45) is 10.7 Å². The number of nitrogens with zero attached hydrogens (tertiary/aromatic N) is 1. The van der Waals surface area contributed by atoms with E-state index in [1.807, 2.05) is 19.1 Å². The van der Waals surface area contributed by atoms with Crippen LogP contribution in [0.4, 0.5) is 0 Å². The van der Waals surface area contributed by atoms with Crippen molar-refractivity contribution in [2.75, 3.05) is 0 Å². The molecule has 0 saturated heterocycles. The molecule has 2 rings (SSSR count). The van der Waals surface area contributed by atoms with Crippen LogP contribution in [-0.2, 0) is 0 Å². The maximum Gasteiger partial charge on any atom is 0.197 e. The van der Waals surface area contributed by atoms with Gasteiger partial charge in [-0.15, -0.1) is 0 Å². The van der Waals surface area contributed by atoms with E-state index in [0.717, 1.165) is 5.76 Å². The second-order valence-corrected chi connectivity index (χ2v) is 3.37. The number of nitrogens with two attached hydrogens (primary N) is 1. The fourth-order valence-electron chi connectivity index (χ4n) is 1.22. The Labute approximate surface area is 86.4 Å². The van der Waals surface area contributed by atoms with Gasteiger partial charge in [0.05, 0.1) is 0 Å². The molecule has 0 aliphatic carbocycles. The quantitative estimate of drug-likeness (QED) is 0.584. The Kier molecular flexibility index (Phi) is 2.12. The van der Waals surface area contributed by atoms with Crippen LogP contribution in [0.5, 0.6) is 0 Å². The molecule has 1 atom stereocenters. The fourth-order valence-corrected chi connectivity index (χ4v) is 1.43. The third kappa shape index (κ3) is 1.69. The predicted octanol–water partition coefficient (Wildman–Crippen LogP) is 0.379. The summed E-state index contributed by atoms with van der Waals surface area (Å²) in [6.07, 6.45) is -0.322. The first kappa shape index (κ1) is 9.01. The van der Waals surface area contributed by atoms with Gasteiger partial charge in [0, 0.05) is 0 Å². The zero-order valence-corrected chi connectivity index (χ0v) is 8.39. The molecule has 1 aromatic heterocycles. The summed E-state index contributed by atoms with van der Waals surface area (Å²) < 4.78 is 5.41. The highest BCUT2D eigenvalue weighted by Crippen LogP contribution is 2.18. The van der Waals surface area contributed by atoms with Gasteiger partial charge in [0.25, 0.3) is 0 Å². The molecular formula is C8H10N4OS. The molecule has 0 aromatic carbocycles. The van der Waals surface area contributed by atoms with Crippen LogP contribution in [0.3, 0.4) is 0 Å². The van der Waals surface area contributed by atoms with E-state index in [0.29, 0.717) is 16.8 Å². The minimum atomic E-state index is -0.322. The van der Waals surface area contributed by atoms with E-state index >= 15 is 0 Å². The lowest BCUT2D eigenvalue weighted by Gasteiger charge is -2.21. The standard InChI is InChI=1S/C8H10N4OS/c1-4-2-3-5(13-4)6-10-7(9)12-8(14)11-6/h2-3,6H,1H3,(H4,9,10,11,12,14)/t6-/m1/s1. The zero-order valence-electron chi connectivity index (χ0n) is 7.57. The summed E-state index contributed by atoms with van der Waals surface area (Å²) in [4.78, 5) is 4.11. The van der Waals surface area contributed by atoms with Crippen molar-refractivity contribution in [2.45, 2.75) is 13.1 Å². The summed E-state index contributed by atoms with van der Waals surface area (Å²) in [7, 11) is 0. The lowest BCUT2D eigenvalue weighted by atomic mass is 10.3. The summed E-state index contributed by atoms with van der Waals surface area (Å²) >= 11 is 4.94. The van der Waals surface area contributed by atoms with Gasteiger partial charge < -0.3 is 20.8 Å². The third-order valence-corrected chi connectivity index (χ3v) is 2.03. The van der Waals surface area contributed by atoms with Gasteiger partial charge in [-0.25, -0.2) is 4.99 Å². The molecule has 0 amide bonds. The van der Waals surface area contributed by atoms with E-state index in [1.54, 1.807) is 0 Å². The van der Waals surface area contributed by atoms with Crippen molar-refractivity contribution < 1.29 is 4.42 Å². The van der Waals surface area contributed by atoms with Gasteiger partial charge in [-0.3, -0.25) is 0 Å². The maximum absolute atomic E-state index is 5.53. The number of rotatable bonds is 1. The molecule has 0 fully saturated rings. The van der Waals surface area contributed by atoms with Crippen molar-refractivity contribution in [3.8, 4) is 0 Å². The maximum atomic E-state index is 5.53. The van der Waals surface area contributed by atoms with Crippen molar-refractivity contribution in [1.29, 1.82) is 0 Å². The Hall–Kier alpha value is -1.56. The highest BCUT2D eigenvalue weighted by molar-refractivity contribution is 7.80. The summed E-state index contributed by atoms with van der Waals surface area (Å²) in [5.41, 5.74) is 5.53. The molecule has 5 nitrogen and oxygen atoms in total. The monoisotopic (exact) mass is 210 g/mol. The van der Waals surface area contributed by atoms with Crippen LogP contribution in [0, 0.1) is 6.92 Å². The minimum absolute atomic E-state index is 0.299. The Morgan fingerprint density at radius 3 is 2.93 bits per heavy atom. The number of thiocarbonyl (C=S) groups is 1. The molecule has 0 spiro atoms. The van der Waals surface area contributed by atoms with Gasteiger partial charge in [-0.1, -0.05) is 0 Å². The number of furan rings is 1. The number of aliphatic imine (C=N–C) groups is 1. The Balaban J connectivity index is 2.27. The minimum Gasteiger partial charge on any atom is -0.462 e. The zero-order chi connectivity index (χ0) is 10.1. The third-order valence-electron chi connectivity index (χ3n) is 1.81. The fraction of sp³-hybridized carbons (Fsp3) is 0.250. The molecule has 0 unspecified atom stereocenters. The van der Waals surface area contributed by atoms with E-state index in [-0.39, 0.29) is 6.17 Å². The van der Waals surface area contributed by atoms with Gasteiger partial charge in [-0.05, 0) is 31.3 Å². The highest BCUT2D eigenvalue weighted by Gasteiger charge is 2.19. The van der Waals surface area contributed by atoms with Crippen molar-refractivity contribution in [3.05, 3.63) is 23.7 Å². The molecule has 0 radical (unpaired) electrons. The number of aryl methyl sites for hydroxylation is 1. The number of nitrogens with one attached hydrogen (secondary N) is 2. The van der Waals surface area contributed by atoms with Crippen molar-refractivity contribution >= 4 is 23.3 Å². The molecule has 4 N–H and O–H groups in total. The van der Waals surface area contributed by atoms with E-state index < -0.39 is 0 Å². The van der Waals surface area contributed by atoms with Gasteiger partial charge in [0.1, 0.15) is 11.5 Å². The second-order valence-electron chi connectivity index (χ2n) is 2.96. The van der Waals surface area contributed by atoms with E-state index in [4.69, 9.17) is 22.4 Å². The Bertz CT molecular complexity index is 398. The number of hydrogen-bond donors (Lipinski definition) is 3. The van der Waals surface area contributed by atoms with E-state index in [2.05, 4.69) is 15.6 Å². The summed E-state index contributed by atoms with van der Waals surface area (Å²) in [6.45, 7) is 1.87. The van der Waals surface area contributed by atoms with Crippen LogP contribution in [0.15, 0.2) is 21.5 Å². The van der Waals surface area contributed by atoms with Crippen LogP contribution in [-0.4, -0.2) is 11.1 Å². The van der Waals surface area contributed by atoms with Crippen LogP contribution in [0.2, 0.25) is 0 Å². The molecule has 0 saturated carbocycles. The van der Waals surface area contributed by atoms with Gasteiger partial charge >= 0.3 is 0 Å². The molecule has 14 heavy (non-hydrogen) atoms. The molecular weight excluding hydrogens is 200 g/mol. The molecule has 0 bridgehead atoms. The molecule has 6 heteroatoms. The number of guanidine groups is 1. The second kappa shape index (κ2) is 3.30. The van der Waals surface area contributed by atoms with E-state index in [1.165, 1.54) is 0 Å². The lowest BCUT2D eigenvalue weighted by Crippen LogP contribution is -2.49. The van der Waals surface area contributed by atoms with Crippen LogP contribution < -0.4 is 16.4 Å². The molecule has 1 aromatic rings. The van der Waals surface area contributed by atoms with Crippen molar-refractivity contribution in [1.82, 2.24) is 10.6 Å². The highest BCUT2D eigenvalue weighted by atomic mass is 32.1. The normalized spacial score (nSPS) is 21.1. The smallest absolute Gasteiger partial charge is 0.197 e. The lowest BCUT2D eigenvalue weighted by molar-refractivity contribution is 0.433. The first-order valence-corrected chi connectivity index (χ1v) is 4.53. The predicted molar refractivity (Wildman–Crippen MR) is 56.7 cm³/mol. The van der Waals surface area contributed by atoms with Crippen LogP contribution in [0.25, 0.3) is 0 Å². The molecule has 2 heterocycles. The van der Waals surface area contributed by atoms with Crippen molar-refractivity contribution in [3.63, 3.8) is 0 Å². The first-order valence-electron chi connectivity index (χ1n) is 4.12. The molecule has 74 valence electrons. The summed E-state index contributed by atoms with van der Waals surface area (Å²) in [5.74, 6) is 1.84. The average molecular weight is 210 g/mol. The first-order chi connectivity index (χ1) is 6.65. The van der Waals surface area contributed by atoms with Gasteiger partial charge in [-0.2, -0.15) is 0 Å². The van der Waals surface area contributed by atoms with Crippen LogP contribution >= 0.6 is 12.2 Å². The SMILES string of the molecule is Cc1ccc([C@@H]2N=C(N)NC(=S)N2)o1. The molecule has 1 aliphatic heterocycles. The van der Waals surface area contributed by atoms with E-state index in [9.17, 15) is 0 Å². The largest absolute Gasteiger partial charge is 0.462 e. The Morgan fingerprint density at radius 1 is 1.57 bits per heavy atom. The summed E-state index contributed by atoms with van der Waals surface area (Å²) in [5, 5.41) is 6.08. The topological polar surface area (TPSA) is 75.6 Å². The van der Waals surface area contributed by atoms with Gasteiger partial charge in [0.15, 0.2) is 17.2 Å². The molecule has 1 aliphatic rings.